The van der Waals surface area contributed by atoms with Crippen LogP contribution in [-0.4, -0.2) is 16.6 Å². The minimum Gasteiger partial charge on any atom is -0.481 e. The van der Waals surface area contributed by atoms with Crippen LogP contribution < -0.4 is 4.74 Å². The fourth-order valence-corrected chi connectivity index (χ4v) is 2.36. The van der Waals surface area contributed by atoms with Gasteiger partial charge < -0.3 is 9.72 Å². The van der Waals surface area contributed by atoms with Gasteiger partial charge in [0.25, 0.3) is 0 Å². The predicted octanol–water partition coefficient (Wildman–Crippen LogP) is 3.95. The number of aromatic amines is 1. The number of nitrogens with zero attached hydrogens (tertiary/aromatic N) is 2. The molecule has 0 aliphatic carbocycles. The predicted molar refractivity (Wildman–Crippen MR) is 95.1 cm³/mol. The van der Waals surface area contributed by atoms with E-state index in [4.69, 9.17) is 11.2 Å². The van der Waals surface area contributed by atoms with Crippen molar-refractivity contribution in [2.45, 2.75) is 6.92 Å². The Kier molecular flexibility index (Phi) is 4.32. The minimum absolute atomic E-state index is 0.233. The first kappa shape index (κ1) is 15.4. The van der Waals surface area contributed by atoms with Crippen LogP contribution in [-0.2, 0) is 0 Å². The van der Waals surface area contributed by atoms with E-state index in [2.05, 4.69) is 22.0 Å². The van der Waals surface area contributed by atoms with E-state index >= 15 is 0 Å². The lowest BCUT2D eigenvalue weighted by Crippen LogP contribution is -1.92. The summed E-state index contributed by atoms with van der Waals surface area (Å²) in [6.07, 6.45) is 6.95. The number of benzene rings is 2. The molecule has 2 aromatic carbocycles. The molecular weight excluding hydrogens is 298 g/mol. The van der Waals surface area contributed by atoms with E-state index in [-0.39, 0.29) is 6.61 Å². The Balaban J connectivity index is 1.91. The number of nitriles is 1. The van der Waals surface area contributed by atoms with Gasteiger partial charge in [-0.25, -0.2) is 4.98 Å². The zero-order chi connectivity index (χ0) is 16.9. The highest BCUT2D eigenvalue weighted by atomic mass is 16.5. The molecule has 4 nitrogen and oxygen atoms in total. The monoisotopic (exact) mass is 313 g/mol. The van der Waals surface area contributed by atoms with Crippen LogP contribution in [0.2, 0.25) is 0 Å². The van der Waals surface area contributed by atoms with E-state index < -0.39 is 0 Å². The summed E-state index contributed by atoms with van der Waals surface area (Å²) in [6.45, 7) is 2.25. The maximum atomic E-state index is 9.47. The van der Waals surface area contributed by atoms with Crippen molar-refractivity contribution in [1.82, 2.24) is 9.97 Å². The molecule has 0 unspecified atom stereocenters. The van der Waals surface area contributed by atoms with E-state index in [0.29, 0.717) is 17.1 Å². The van der Waals surface area contributed by atoms with Crippen molar-refractivity contribution in [3.05, 3.63) is 59.4 Å². The molecule has 0 spiro atoms. The van der Waals surface area contributed by atoms with Crippen LogP contribution in [0, 0.1) is 30.6 Å². The number of aromatic nitrogens is 2. The molecule has 1 aromatic heterocycles. The number of ether oxygens (including phenoxy) is 1. The summed E-state index contributed by atoms with van der Waals surface area (Å²) >= 11 is 0. The van der Waals surface area contributed by atoms with Gasteiger partial charge in [-0.2, -0.15) is 5.26 Å². The van der Waals surface area contributed by atoms with Crippen molar-refractivity contribution in [2.24, 2.45) is 0 Å². The second-order valence-corrected chi connectivity index (χ2v) is 5.34. The number of hydrogen-bond acceptors (Lipinski definition) is 3. The first-order valence-electron chi connectivity index (χ1n) is 7.44. The van der Waals surface area contributed by atoms with Crippen LogP contribution in [0.4, 0.5) is 0 Å². The molecule has 3 rings (SSSR count). The fourth-order valence-electron chi connectivity index (χ4n) is 2.36. The van der Waals surface area contributed by atoms with Crippen LogP contribution in [0.15, 0.2) is 42.5 Å². The average molecular weight is 313 g/mol. The Morgan fingerprint density at radius 3 is 2.79 bits per heavy atom. The summed E-state index contributed by atoms with van der Waals surface area (Å²) in [5, 5.41) is 9.47. The van der Waals surface area contributed by atoms with Crippen molar-refractivity contribution >= 4 is 22.7 Å². The number of hydrogen-bond donors (Lipinski definition) is 1. The third-order valence-electron chi connectivity index (χ3n) is 3.53. The van der Waals surface area contributed by atoms with E-state index in [1.165, 1.54) is 0 Å². The molecule has 24 heavy (non-hydrogen) atoms. The van der Waals surface area contributed by atoms with Crippen molar-refractivity contribution < 1.29 is 4.74 Å². The summed E-state index contributed by atoms with van der Waals surface area (Å²) in [6, 6.07) is 15.5. The first-order chi connectivity index (χ1) is 11.7. The van der Waals surface area contributed by atoms with E-state index in [1.54, 1.807) is 6.08 Å². The molecule has 0 radical (unpaired) electrons. The molecule has 0 fully saturated rings. The summed E-state index contributed by atoms with van der Waals surface area (Å²) in [7, 11) is 0. The van der Waals surface area contributed by atoms with Crippen LogP contribution >= 0.6 is 0 Å². The van der Waals surface area contributed by atoms with Crippen molar-refractivity contribution in [2.75, 3.05) is 6.61 Å². The molecule has 1 heterocycles. The molecule has 0 atom stereocenters. The third kappa shape index (κ3) is 3.29. The van der Waals surface area contributed by atoms with Gasteiger partial charge in [0.2, 0.25) is 0 Å². The van der Waals surface area contributed by atoms with Gasteiger partial charge in [-0.15, -0.1) is 6.42 Å². The van der Waals surface area contributed by atoms with E-state index in [9.17, 15) is 5.26 Å². The number of terminal acetylenes is 1. The maximum Gasteiger partial charge on any atom is 0.149 e. The first-order valence-corrected chi connectivity index (χ1v) is 7.44. The number of rotatable bonds is 4. The van der Waals surface area contributed by atoms with E-state index in [1.807, 2.05) is 49.4 Å². The quantitative estimate of drug-likeness (QED) is 0.586. The molecule has 1 N–H and O–H groups in total. The Morgan fingerprint density at radius 2 is 2.08 bits per heavy atom. The Morgan fingerprint density at radius 1 is 1.29 bits per heavy atom. The van der Waals surface area contributed by atoms with Crippen LogP contribution in [0.25, 0.3) is 22.7 Å². The number of allylic oxidation sites excluding steroid dienone is 1. The minimum atomic E-state index is 0.233. The van der Waals surface area contributed by atoms with Gasteiger partial charge in [0, 0.05) is 0 Å². The molecule has 0 amide bonds. The van der Waals surface area contributed by atoms with Crippen molar-refractivity contribution in [3.8, 4) is 24.2 Å². The normalized spacial score (nSPS) is 11.0. The van der Waals surface area contributed by atoms with Crippen LogP contribution in [0.3, 0.4) is 0 Å². The lowest BCUT2D eigenvalue weighted by atomic mass is 10.1. The summed E-state index contributed by atoms with van der Waals surface area (Å²) in [5.74, 6) is 3.68. The van der Waals surface area contributed by atoms with Crippen molar-refractivity contribution in [3.63, 3.8) is 0 Å². The zero-order valence-electron chi connectivity index (χ0n) is 13.2. The fraction of sp³-hybridized carbons (Fsp3) is 0.100. The second kappa shape index (κ2) is 6.73. The number of H-pyrrole nitrogens is 1. The summed E-state index contributed by atoms with van der Waals surface area (Å²) in [5.41, 5.74) is 4.26. The standard InChI is InChI=1S/C20H15N3O/c1-3-10-24-17-7-5-15(6-8-17)12-16(13-21)20-22-18-9-4-14(2)11-19(18)23-20/h1,4-9,11-12H,10H2,2H3,(H,22,23)/b16-12-. The Bertz CT molecular complexity index is 982. The molecule has 3 aromatic rings. The van der Waals surface area contributed by atoms with E-state index in [0.717, 1.165) is 22.2 Å². The molecule has 0 saturated heterocycles. The maximum absolute atomic E-state index is 9.47. The third-order valence-corrected chi connectivity index (χ3v) is 3.53. The Labute approximate surface area is 140 Å². The Hall–Kier alpha value is -3.50. The molecule has 0 saturated carbocycles. The highest BCUT2D eigenvalue weighted by Crippen LogP contribution is 2.21. The zero-order valence-corrected chi connectivity index (χ0v) is 13.2. The van der Waals surface area contributed by atoms with Gasteiger partial charge in [-0.05, 0) is 48.4 Å². The van der Waals surface area contributed by atoms with Gasteiger partial charge in [0.05, 0.1) is 16.6 Å². The highest BCUT2D eigenvalue weighted by Gasteiger charge is 2.08. The molecule has 0 aliphatic heterocycles. The topological polar surface area (TPSA) is 61.7 Å². The van der Waals surface area contributed by atoms with Gasteiger partial charge in [0.1, 0.15) is 24.3 Å². The summed E-state index contributed by atoms with van der Waals surface area (Å²) < 4.78 is 5.34. The lowest BCUT2D eigenvalue weighted by Gasteiger charge is -2.02. The lowest BCUT2D eigenvalue weighted by molar-refractivity contribution is 0.370. The number of nitrogens with one attached hydrogen (secondary N) is 1. The second-order valence-electron chi connectivity index (χ2n) is 5.34. The van der Waals surface area contributed by atoms with Gasteiger partial charge in [-0.3, -0.25) is 0 Å². The SMILES string of the molecule is C#CCOc1ccc(/C=C(/C#N)c2nc3ccc(C)cc3[nH]2)cc1. The largest absolute Gasteiger partial charge is 0.481 e. The molecule has 0 bridgehead atoms. The average Bonchev–Trinajstić information content (AvgIpc) is 3.01. The molecular formula is C20H15N3O. The number of imidazole rings is 1. The van der Waals surface area contributed by atoms with Crippen LogP contribution in [0.5, 0.6) is 5.75 Å². The number of fused-ring (bicyclic) bond motifs is 1. The van der Waals surface area contributed by atoms with Gasteiger partial charge in [0.15, 0.2) is 0 Å². The smallest absolute Gasteiger partial charge is 0.149 e. The van der Waals surface area contributed by atoms with Crippen LogP contribution in [0.1, 0.15) is 17.0 Å². The summed E-state index contributed by atoms with van der Waals surface area (Å²) in [4.78, 5) is 7.68. The number of aryl methyl sites for hydroxylation is 1. The van der Waals surface area contributed by atoms with Gasteiger partial charge in [-0.1, -0.05) is 24.1 Å². The van der Waals surface area contributed by atoms with Crippen molar-refractivity contribution in [1.29, 1.82) is 5.26 Å². The highest BCUT2D eigenvalue weighted by molar-refractivity contribution is 5.90. The molecule has 4 heteroatoms. The van der Waals surface area contributed by atoms with Gasteiger partial charge >= 0.3 is 0 Å². The molecule has 116 valence electrons. The molecule has 0 aliphatic rings.